The molecule has 0 spiro atoms. The van der Waals surface area contributed by atoms with Crippen molar-refractivity contribution in [1.82, 2.24) is 15.4 Å². The van der Waals surface area contributed by atoms with E-state index in [2.05, 4.69) is 20.3 Å². The largest absolute Gasteiger partial charge is 0.356 e. The molecule has 0 bridgehead atoms. The van der Waals surface area contributed by atoms with Gasteiger partial charge >= 0.3 is 0 Å². The van der Waals surface area contributed by atoms with Crippen molar-refractivity contribution in [2.45, 2.75) is 18.2 Å². The average molecular weight is 471 g/mol. The van der Waals surface area contributed by atoms with Gasteiger partial charge in [-0.1, -0.05) is 13.0 Å². The van der Waals surface area contributed by atoms with E-state index in [9.17, 15) is 18.5 Å². The minimum Gasteiger partial charge on any atom is -0.356 e. The number of nitrogens with zero attached hydrogens (tertiary/aromatic N) is 2. The predicted molar refractivity (Wildman–Crippen MR) is 103 cm³/mol. The maximum absolute atomic E-state index is 12.1. The van der Waals surface area contributed by atoms with E-state index in [1.807, 2.05) is 6.92 Å². The van der Waals surface area contributed by atoms with Crippen LogP contribution in [0.1, 0.15) is 13.3 Å². The van der Waals surface area contributed by atoms with E-state index in [1.165, 1.54) is 18.2 Å². The highest BCUT2D eigenvalue weighted by atomic mass is 127. The Hall–Kier alpha value is -1.47. The Balaban J connectivity index is 0.00000529. The fourth-order valence-corrected chi connectivity index (χ4v) is 2.75. The van der Waals surface area contributed by atoms with E-state index in [-0.39, 0.29) is 41.1 Å². The highest BCUT2D eigenvalue weighted by Crippen LogP contribution is 2.16. The molecule has 0 aliphatic carbocycles. The van der Waals surface area contributed by atoms with Gasteiger partial charge in [-0.2, -0.15) is 0 Å². The Kier molecular flexibility index (Phi) is 10.5. The van der Waals surface area contributed by atoms with Crippen LogP contribution in [0.3, 0.4) is 0 Å². The number of rotatable bonds is 8. The van der Waals surface area contributed by atoms with E-state index < -0.39 is 14.9 Å². The standard InChI is InChI=1S/C13H21N5O4S.HI/c1-3-7-15-13(14-2)16-8-9-17-23(21,22)12-6-4-5-11(10-12)18(19)20;/h4-6,10,17H,3,7-9H2,1-2H3,(H2,14,15,16);1H. The van der Waals surface area contributed by atoms with E-state index in [0.717, 1.165) is 19.0 Å². The SMILES string of the molecule is CCCNC(=NC)NCCNS(=O)(=O)c1cccc([N+](=O)[O-])c1.I. The Morgan fingerprint density at radius 3 is 2.50 bits per heavy atom. The molecule has 0 atom stereocenters. The van der Waals surface area contributed by atoms with Crippen LogP contribution in [0.4, 0.5) is 5.69 Å². The highest BCUT2D eigenvalue weighted by molar-refractivity contribution is 14.0. The van der Waals surface area contributed by atoms with Gasteiger partial charge in [-0.25, -0.2) is 13.1 Å². The van der Waals surface area contributed by atoms with Gasteiger partial charge in [0.2, 0.25) is 10.0 Å². The summed E-state index contributed by atoms with van der Waals surface area (Å²) in [6, 6.07) is 4.91. The summed E-state index contributed by atoms with van der Waals surface area (Å²) in [5.41, 5.74) is -0.268. The molecule has 3 N–H and O–H groups in total. The second-order valence-electron chi connectivity index (χ2n) is 4.58. The first kappa shape index (κ1) is 22.5. The Bertz CT molecular complexity index is 666. The quantitative estimate of drug-likeness (QED) is 0.130. The summed E-state index contributed by atoms with van der Waals surface area (Å²) >= 11 is 0. The second-order valence-corrected chi connectivity index (χ2v) is 6.34. The van der Waals surface area contributed by atoms with Crippen molar-refractivity contribution >= 4 is 45.6 Å². The minimum absolute atomic E-state index is 0. The van der Waals surface area contributed by atoms with Gasteiger partial charge in [-0.3, -0.25) is 15.1 Å². The lowest BCUT2D eigenvalue weighted by Crippen LogP contribution is -2.41. The second kappa shape index (κ2) is 11.1. The topological polar surface area (TPSA) is 126 Å². The van der Waals surface area contributed by atoms with E-state index in [0.29, 0.717) is 12.5 Å². The zero-order valence-electron chi connectivity index (χ0n) is 13.5. The summed E-state index contributed by atoms with van der Waals surface area (Å²) in [6.07, 6.45) is 0.945. The molecule has 136 valence electrons. The van der Waals surface area contributed by atoms with Crippen LogP contribution in [0.15, 0.2) is 34.2 Å². The normalized spacial score (nSPS) is 11.5. The van der Waals surface area contributed by atoms with E-state index in [1.54, 1.807) is 7.05 Å². The Morgan fingerprint density at radius 1 is 1.25 bits per heavy atom. The van der Waals surface area contributed by atoms with Gasteiger partial charge in [-0.15, -0.1) is 24.0 Å². The lowest BCUT2D eigenvalue weighted by atomic mass is 10.3. The van der Waals surface area contributed by atoms with Crippen molar-refractivity contribution in [1.29, 1.82) is 0 Å². The summed E-state index contributed by atoms with van der Waals surface area (Å²) in [7, 11) is -2.17. The van der Waals surface area contributed by atoms with Crippen molar-refractivity contribution in [3.8, 4) is 0 Å². The predicted octanol–water partition coefficient (Wildman–Crippen LogP) is 1.07. The Morgan fingerprint density at radius 2 is 1.92 bits per heavy atom. The fraction of sp³-hybridized carbons (Fsp3) is 0.462. The van der Waals surface area contributed by atoms with Crippen molar-refractivity contribution in [3.63, 3.8) is 0 Å². The number of halogens is 1. The molecule has 0 aromatic heterocycles. The summed E-state index contributed by atoms with van der Waals surface area (Å²) in [5.74, 6) is 0.585. The molecule has 0 aliphatic rings. The molecule has 0 fully saturated rings. The molecule has 1 aromatic carbocycles. The number of aliphatic imine (C=N–C) groups is 1. The summed E-state index contributed by atoms with van der Waals surface area (Å²) in [5, 5.41) is 16.7. The van der Waals surface area contributed by atoms with Crippen LogP contribution in [-0.4, -0.2) is 46.0 Å². The molecule has 0 aliphatic heterocycles. The van der Waals surface area contributed by atoms with Gasteiger partial charge in [0.25, 0.3) is 5.69 Å². The molecule has 0 radical (unpaired) electrons. The first-order valence-electron chi connectivity index (χ1n) is 7.09. The van der Waals surface area contributed by atoms with Crippen LogP contribution in [0.2, 0.25) is 0 Å². The molecular formula is C13H22IN5O4S. The van der Waals surface area contributed by atoms with Crippen LogP contribution in [0, 0.1) is 10.1 Å². The lowest BCUT2D eigenvalue weighted by molar-refractivity contribution is -0.385. The maximum atomic E-state index is 12.1. The molecule has 0 amide bonds. The van der Waals surface area contributed by atoms with Gasteiger partial charge in [-0.05, 0) is 12.5 Å². The fourth-order valence-electron chi connectivity index (χ4n) is 1.68. The third-order valence-corrected chi connectivity index (χ3v) is 4.27. The van der Waals surface area contributed by atoms with Crippen molar-refractivity contribution in [2.24, 2.45) is 4.99 Å². The molecule has 11 heteroatoms. The van der Waals surface area contributed by atoms with Crippen LogP contribution >= 0.6 is 24.0 Å². The number of hydrogen-bond donors (Lipinski definition) is 3. The van der Waals surface area contributed by atoms with Crippen molar-refractivity contribution in [3.05, 3.63) is 34.4 Å². The van der Waals surface area contributed by atoms with Crippen LogP contribution in [0.25, 0.3) is 0 Å². The molecule has 0 unspecified atom stereocenters. The molecule has 0 saturated heterocycles. The van der Waals surface area contributed by atoms with E-state index >= 15 is 0 Å². The monoisotopic (exact) mass is 471 g/mol. The first-order valence-corrected chi connectivity index (χ1v) is 8.57. The smallest absolute Gasteiger partial charge is 0.270 e. The Labute approximate surface area is 158 Å². The molecule has 1 aromatic rings. The third-order valence-electron chi connectivity index (χ3n) is 2.81. The molecule has 9 nitrogen and oxygen atoms in total. The van der Waals surface area contributed by atoms with Crippen molar-refractivity contribution in [2.75, 3.05) is 26.7 Å². The minimum atomic E-state index is -3.79. The zero-order chi connectivity index (χ0) is 17.3. The molecular weight excluding hydrogens is 449 g/mol. The number of nitro benzene ring substituents is 1. The molecule has 1 rings (SSSR count). The zero-order valence-corrected chi connectivity index (χ0v) is 16.6. The highest BCUT2D eigenvalue weighted by Gasteiger charge is 2.16. The average Bonchev–Trinajstić information content (AvgIpc) is 2.54. The number of guanidine groups is 1. The summed E-state index contributed by atoms with van der Waals surface area (Å²) < 4.78 is 26.6. The molecule has 24 heavy (non-hydrogen) atoms. The maximum Gasteiger partial charge on any atom is 0.270 e. The molecule has 0 saturated carbocycles. The van der Waals surface area contributed by atoms with Gasteiger partial charge in [0.15, 0.2) is 5.96 Å². The summed E-state index contributed by atoms with van der Waals surface area (Å²) in [6.45, 7) is 3.24. The van der Waals surface area contributed by atoms with E-state index in [4.69, 9.17) is 0 Å². The van der Waals surface area contributed by atoms with Gasteiger partial charge in [0, 0.05) is 38.8 Å². The number of hydrogen-bond acceptors (Lipinski definition) is 5. The third kappa shape index (κ3) is 7.40. The number of nitro groups is 1. The first-order chi connectivity index (χ1) is 10.9. The number of nitrogens with one attached hydrogen (secondary N) is 3. The van der Waals surface area contributed by atoms with Crippen molar-refractivity contribution < 1.29 is 13.3 Å². The van der Waals surface area contributed by atoms with Crippen LogP contribution in [-0.2, 0) is 10.0 Å². The number of non-ortho nitro benzene ring substituents is 1. The lowest BCUT2D eigenvalue weighted by Gasteiger charge is -2.11. The van der Waals surface area contributed by atoms with Gasteiger partial charge in [0.1, 0.15) is 0 Å². The van der Waals surface area contributed by atoms with Gasteiger partial charge in [0.05, 0.1) is 9.82 Å². The molecule has 0 heterocycles. The van der Waals surface area contributed by atoms with Crippen LogP contribution in [0.5, 0.6) is 0 Å². The summed E-state index contributed by atoms with van der Waals surface area (Å²) in [4.78, 5) is 13.9. The van der Waals surface area contributed by atoms with Gasteiger partial charge < -0.3 is 10.6 Å². The number of benzene rings is 1. The number of sulfonamides is 1. The van der Waals surface area contributed by atoms with Crippen LogP contribution < -0.4 is 15.4 Å².